The van der Waals surface area contributed by atoms with Gasteiger partial charge in [0.2, 0.25) is 5.91 Å². The van der Waals surface area contributed by atoms with E-state index in [1.807, 2.05) is 44.4 Å². The lowest BCUT2D eigenvalue weighted by molar-refractivity contribution is -0.121. The van der Waals surface area contributed by atoms with Crippen molar-refractivity contribution in [3.63, 3.8) is 0 Å². The molecule has 0 unspecified atom stereocenters. The highest BCUT2D eigenvalue weighted by molar-refractivity contribution is 7.98. The van der Waals surface area contributed by atoms with Gasteiger partial charge < -0.3 is 10.1 Å². The van der Waals surface area contributed by atoms with Gasteiger partial charge in [-0.25, -0.2) is 9.97 Å². The van der Waals surface area contributed by atoms with Crippen LogP contribution in [0.3, 0.4) is 0 Å². The van der Waals surface area contributed by atoms with Gasteiger partial charge in [-0.3, -0.25) is 4.79 Å². The molecular weight excluding hydrogens is 334 g/mol. The van der Waals surface area contributed by atoms with Gasteiger partial charge in [0.05, 0.1) is 6.61 Å². The minimum Gasteiger partial charge on any atom is -0.380 e. The van der Waals surface area contributed by atoms with Gasteiger partial charge >= 0.3 is 0 Å². The quantitative estimate of drug-likeness (QED) is 0.579. The van der Waals surface area contributed by atoms with Crippen molar-refractivity contribution in [1.82, 2.24) is 15.3 Å². The smallest absolute Gasteiger partial charge is 0.220 e. The van der Waals surface area contributed by atoms with Gasteiger partial charge in [-0.05, 0) is 43.2 Å². The number of nitrogens with zero attached hydrogens (tertiary/aromatic N) is 2. The van der Waals surface area contributed by atoms with Gasteiger partial charge in [-0.1, -0.05) is 36.0 Å². The van der Waals surface area contributed by atoms with Crippen molar-refractivity contribution in [2.45, 2.75) is 45.0 Å². The maximum absolute atomic E-state index is 12.2. The number of nitrogens with one attached hydrogen (secondary N) is 1. The van der Waals surface area contributed by atoms with E-state index in [4.69, 9.17) is 4.74 Å². The second-order valence-corrected chi connectivity index (χ2v) is 6.61. The molecule has 6 heteroatoms. The third-order valence-electron chi connectivity index (χ3n) is 4.08. The molecule has 0 aliphatic heterocycles. The number of carbonyl (C=O) groups is 1. The largest absolute Gasteiger partial charge is 0.380 e. The summed E-state index contributed by atoms with van der Waals surface area (Å²) in [5.41, 5.74) is 5.15. The van der Waals surface area contributed by atoms with Crippen LogP contribution in [0.25, 0.3) is 0 Å². The summed E-state index contributed by atoms with van der Waals surface area (Å²) in [6.07, 6.45) is 3.04. The van der Waals surface area contributed by atoms with Crippen LogP contribution in [0.15, 0.2) is 29.4 Å². The van der Waals surface area contributed by atoms with E-state index in [0.717, 1.165) is 33.2 Å². The highest BCUT2D eigenvalue weighted by Gasteiger charge is 2.11. The molecular formula is C19H25N3O2S. The van der Waals surface area contributed by atoms with Crippen LogP contribution < -0.4 is 5.32 Å². The Balaban J connectivity index is 1.92. The Morgan fingerprint density at radius 1 is 1.16 bits per heavy atom. The van der Waals surface area contributed by atoms with Crippen LogP contribution in [0.4, 0.5) is 0 Å². The third kappa shape index (κ3) is 5.54. The summed E-state index contributed by atoms with van der Waals surface area (Å²) in [5.74, 6) is 0.0277. The lowest BCUT2D eigenvalue weighted by Crippen LogP contribution is -2.24. The molecule has 134 valence electrons. The summed E-state index contributed by atoms with van der Waals surface area (Å²) in [6.45, 7) is 5.01. The van der Waals surface area contributed by atoms with Crippen molar-refractivity contribution < 1.29 is 9.53 Å². The number of methoxy groups -OCH3 is 1. The van der Waals surface area contributed by atoms with Crippen molar-refractivity contribution in [3.05, 3.63) is 52.3 Å². The number of hydrogen-bond donors (Lipinski definition) is 1. The van der Waals surface area contributed by atoms with Gasteiger partial charge in [-0.15, -0.1) is 0 Å². The molecule has 0 spiro atoms. The van der Waals surface area contributed by atoms with Crippen LogP contribution in [0.5, 0.6) is 0 Å². The molecule has 0 saturated carbocycles. The fourth-order valence-corrected chi connectivity index (χ4v) is 3.17. The number of hydrogen-bond acceptors (Lipinski definition) is 5. The van der Waals surface area contributed by atoms with Gasteiger partial charge in [0.15, 0.2) is 5.16 Å². The Bertz CT molecular complexity index is 711. The number of amides is 1. The molecule has 0 fully saturated rings. The minimum absolute atomic E-state index is 0.0277. The molecule has 0 radical (unpaired) electrons. The SMILES string of the molecule is COCc1ccccc1CNC(=O)CCc1c(C)nc(SC)nc1C. The molecule has 1 amide bonds. The van der Waals surface area contributed by atoms with E-state index in [-0.39, 0.29) is 5.91 Å². The van der Waals surface area contributed by atoms with Gasteiger partial charge in [0, 0.05) is 31.5 Å². The molecule has 0 atom stereocenters. The third-order valence-corrected chi connectivity index (χ3v) is 4.63. The Labute approximate surface area is 153 Å². The standard InChI is InChI=1S/C19H25N3O2S/c1-13-17(14(2)22-19(21-13)25-4)9-10-18(23)20-11-15-7-5-6-8-16(15)12-24-3/h5-8H,9-12H2,1-4H3,(H,20,23). The number of aryl methyl sites for hydroxylation is 2. The van der Waals surface area contributed by atoms with Crippen molar-refractivity contribution in [3.8, 4) is 0 Å². The van der Waals surface area contributed by atoms with Crippen LogP contribution >= 0.6 is 11.8 Å². The summed E-state index contributed by atoms with van der Waals surface area (Å²) in [5, 5.41) is 3.77. The fraction of sp³-hybridized carbons (Fsp3) is 0.421. The Hall–Kier alpha value is -1.92. The summed E-state index contributed by atoms with van der Waals surface area (Å²) in [4.78, 5) is 21.1. The monoisotopic (exact) mass is 359 g/mol. The molecule has 1 aromatic carbocycles. The number of carbonyl (C=O) groups excluding carboxylic acids is 1. The Kier molecular flexibility index (Phi) is 7.40. The van der Waals surface area contributed by atoms with E-state index in [1.165, 1.54) is 11.8 Å². The van der Waals surface area contributed by atoms with E-state index in [0.29, 0.717) is 26.0 Å². The first-order valence-electron chi connectivity index (χ1n) is 8.25. The highest BCUT2D eigenvalue weighted by atomic mass is 32.2. The number of rotatable bonds is 8. The second kappa shape index (κ2) is 9.53. The predicted octanol–water partition coefficient (Wildman–Crippen LogP) is 3.21. The van der Waals surface area contributed by atoms with Crippen molar-refractivity contribution in [1.29, 1.82) is 0 Å². The van der Waals surface area contributed by atoms with Gasteiger partial charge in [0.1, 0.15) is 0 Å². The zero-order valence-corrected chi connectivity index (χ0v) is 16.1. The first-order valence-corrected chi connectivity index (χ1v) is 9.48. The van der Waals surface area contributed by atoms with Crippen LogP contribution in [0.2, 0.25) is 0 Å². The maximum Gasteiger partial charge on any atom is 0.220 e. The normalized spacial score (nSPS) is 10.7. The maximum atomic E-state index is 12.2. The molecule has 2 aromatic rings. The summed E-state index contributed by atoms with van der Waals surface area (Å²) >= 11 is 1.53. The zero-order chi connectivity index (χ0) is 18.2. The molecule has 0 bridgehead atoms. The molecule has 5 nitrogen and oxygen atoms in total. The van der Waals surface area contributed by atoms with E-state index in [9.17, 15) is 4.79 Å². The summed E-state index contributed by atoms with van der Waals surface area (Å²) in [7, 11) is 1.67. The van der Waals surface area contributed by atoms with Gasteiger partial charge in [0.25, 0.3) is 0 Å². The van der Waals surface area contributed by atoms with Crippen LogP contribution in [-0.4, -0.2) is 29.2 Å². The Morgan fingerprint density at radius 2 is 1.80 bits per heavy atom. The number of aromatic nitrogens is 2. The lowest BCUT2D eigenvalue weighted by Gasteiger charge is -2.12. The Morgan fingerprint density at radius 3 is 2.40 bits per heavy atom. The van der Waals surface area contributed by atoms with Crippen molar-refractivity contribution >= 4 is 17.7 Å². The molecule has 0 aliphatic carbocycles. The molecule has 1 heterocycles. The average Bonchev–Trinajstić information content (AvgIpc) is 2.60. The molecule has 1 N–H and O–H groups in total. The van der Waals surface area contributed by atoms with Crippen LogP contribution in [-0.2, 0) is 29.1 Å². The van der Waals surface area contributed by atoms with E-state index < -0.39 is 0 Å². The van der Waals surface area contributed by atoms with Crippen LogP contribution in [0.1, 0.15) is 34.5 Å². The zero-order valence-electron chi connectivity index (χ0n) is 15.3. The summed E-state index contributed by atoms with van der Waals surface area (Å²) in [6, 6.07) is 7.97. The second-order valence-electron chi connectivity index (χ2n) is 5.84. The van der Waals surface area contributed by atoms with Crippen LogP contribution in [0, 0.1) is 13.8 Å². The molecule has 0 saturated heterocycles. The number of thioether (sulfide) groups is 1. The highest BCUT2D eigenvalue weighted by Crippen LogP contribution is 2.17. The first-order chi connectivity index (χ1) is 12.0. The minimum atomic E-state index is 0.0277. The van der Waals surface area contributed by atoms with E-state index >= 15 is 0 Å². The van der Waals surface area contributed by atoms with Crippen molar-refractivity contribution in [2.24, 2.45) is 0 Å². The first kappa shape index (κ1) is 19.4. The molecule has 2 rings (SSSR count). The molecule has 1 aromatic heterocycles. The molecule has 0 aliphatic rings. The van der Waals surface area contributed by atoms with Gasteiger partial charge in [-0.2, -0.15) is 0 Å². The topological polar surface area (TPSA) is 64.1 Å². The molecule has 25 heavy (non-hydrogen) atoms. The number of ether oxygens (including phenoxy) is 1. The fourth-order valence-electron chi connectivity index (χ4n) is 2.71. The van der Waals surface area contributed by atoms with E-state index in [2.05, 4.69) is 15.3 Å². The predicted molar refractivity (Wildman–Crippen MR) is 101 cm³/mol. The average molecular weight is 359 g/mol. The summed E-state index contributed by atoms with van der Waals surface area (Å²) < 4.78 is 5.20. The van der Waals surface area contributed by atoms with E-state index in [1.54, 1.807) is 7.11 Å². The van der Waals surface area contributed by atoms with Crippen molar-refractivity contribution in [2.75, 3.05) is 13.4 Å². The lowest BCUT2D eigenvalue weighted by atomic mass is 10.1. The number of benzene rings is 1.